The normalized spacial score (nSPS) is 13.2. The van der Waals surface area contributed by atoms with Crippen molar-refractivity contribution in [2.45, 2.75) is 17.7 Å². The lowest BCUT2D eigenvalue weighted by atomic mass is 10.4. The molecule has 1 atom stereocenters. The number of thioether (sulfide) groups is 1. The molecular formula is C10H19N6S2. The molecule has 1 rings (SSSR count). The molecule has 6 nitrogen and oxygen atoms in total. The van der Waals surface area contributed by atoms with Gasteiger partial charge in [-0.2, -0.15) is 0 Å². The van der Waals surface area contributed by atoms with Gasteiger partial charge in [0.2, 0.25) is 5.16 Å². The zero-order valence-electron chi connectivity index (χ0n) is 11.2. The molecule has 0 aromatic carbocycles. The molecule has 1 aromatic rings. The van der Waals surface area contributed by atoms with Crippen LogP contribution in [0.15, 0.2) is 5.16 Å². The second kappa shape index (κ2) is 7.78. The van der Waals surface area contributed by atoms with Crippen molar-refractivity contribution in [3.63, 3.8) is 0 Å². The maximum Gasteiger partial charge on any atom is 0.209 e. The lowest BCUT2D eigenvalue weighted by Gasteiger charge is -2.18. The molecule has 1 aromatic heterocycles. The molecule has 0 saturated carbocycles. The topological polar surface area (TPSA) is 50.1 Å². The van der Waals surface area contributed by atoms with Crippen LogP contribution in [0.3, 0.4) is 0 Å². The Morgan fingerprint density at radius 1 is 1.39 bits per heavy atom. The molecular weight excluding hydrogens is 268 g/mol. The first-order valence-corrected chi connectivity index (χ1v) is 7.01. The fourth-order valence-corrected chi connectivity index (χ4v) is 2.64. The molecule has 0 N–H and O–H groups in total. The molecule has 0 bridgehead atoms. The van der Waals surface area contributed by atoms with Crippen LogP contribution in [0.4, 0.5) is 0 Å². The Hall–Kier alpha value is -0.570. The largest absolute Gasteiger partial charge is 0.308 e. The van der Waals surface area contributed by atoms with E-state index in [0.717, 1.165) is 24.0 Å². The van der Waals surface area contributed by atoms with E-state index < -0.39 is 0 Å². The molecule has 0 amide bonds. The van der Waals surface area contributed by atoms with E-state index in [1.54, 1.807) is 11.8 Å². The van der Waals surface area contributed by atoms with Crippen LogP contribution in [0.2, 0.25) is 0 Å². The van der Waals surface area contributed by atoms with Crippen molar-refractivity contribution < 1.29 is 0 Å². The summed E-state index contributed by atoms with van der Waals surface area (Å²) in [4.78, 5) is 4.14. The third-order valence-electron chi connectivity index (χ3n) is 2.39. The standard InChI is InChI=1S/C10H19N6S2/c1-14(2)5-6-16-10(11-12-13-16)18-8-9(7-17)15(3)4/h9H,5-6,8H2,1-4H3. The number of hydrogen-bond acceptors (Lipinski definition) is 7. The van der Waals surface area contributed by atoms with E-state index in [2.05, 4.69) is 25.8 Å². The van der Waals surface area contributed by atoms with Gasteiger partial charge in [-0.25, -0.2) is 4.68 Å². The predicted molar refractivity (Wildman–Crippen MR) is 77.2 cm³/mol. The van der Waals surface area contributed by atoms with Crippen molar-refractivity contribution >= 4 is 29.3 Å². The van der Waals surface area contributed by atoms with E-state index in [4.69, 9.17) is 12.2 Å². The third-order valence-corrected chi connectivity index (χ3v) is 3.69. The van der Waals surface area contributed by atoms with Crippen LogP contribution < -0.4 is 0 Å². The number of thiocarbonyl (C=S) groups is 1. The van der Waals surface area contributed by atoms with E-state index in [1.807, 2.05) is 37.8 Å². The highest BCUT2D eigenvalue weighted by molar-refractivity contribution is 7.99. The molecule has 101 valence electrons. The van der Waals surface area contributed by atoms with Crippen LogP contribution in [0.1, 0.15) is 0 Å². The Morgan fingerprint density at radius 2 is 2.11 bits per heavy atom. The Kier molecular flexibility index (Phi) is 6.69. The van der Waals surface area contributed by atoms with E-state index in [0.29, 0.717) is 0 Å². The molecule has 1 radical (unpaired) electrons. The predicted octanol–water partition coefficient (Wildman–Crippen LogP) is 0.134. The van der Waals surface area contributed by atoms with E-state index in [1.165, 1.54) is 0 Å². The van der Waals surface area contributed by atoms with Gasteiger partial charge in [0.15, 0.2) is 0 Å². The number of hydrogen-bond donors (Lipinski definition) is 0. The maximum atomic E-state index is 4.89. The molecule has 1 heterocycles. The van der Waals surface area contributed by atoms with Crippen LogP contribution in [0, 0.1) is 0 Å². The van der Waals surface area contributed by atoms with Crippen LogP contribution in [-0.4, -0.2) is 81.9 Å². The first-order chi connectivity index (χ1) is 8.54. The third kappa shape index (κ3) is 4.97. The lowest BCUT2D eigenvalue weighted by Crippen LogP contribution is -2.31. The Labute approximate surface area is 118 Å². The van der Waals surface area contributed by atoms with Crippen LogP contribution in [-0.2, 0) is 6.54 Å². The van der Waals surface area contributed by atoms with Gasteiger partial charge in [0.1, 0.15) is 0 Å². The Bertz CT molecular complexity index is 365. The molecule has 1 unspecified atom stereocenters. The summed E-state index contributed by atoms with van der Waals surface area (Å²) in [6.45, 7) is 1.70. The monoisotopic (exact) mass is 287 g/mol. The van der Waals surface area contributed by atoms with Crippen molar-refractivity contribution in [3.8, 4) is 0 Å². The van der Waals surface area contributed by atoms with Crippen molar-refractivity contribution in [2.24, 2.45) is 0 Å². The van der Waals surface area contributed by atoms with Crippen molar-refractivity contribution in [1.29, 1.82) is 0 Å². The van der Waals surface area contributed by atoms with Gasteiger partial charge in [-0.3, -0.25) is 0 Å². The highest BCUT2D eigenvalue weighted by Crippen LogP contribution is 2.15. The summed E-state index contributed by atoms with van der Waals surface area (Å²) in [7, 11) is 8.03. The summed E-state index contributed by atoms with van der Waals surface area (Å²) in [5.74, 6) is 0.804. The summed E-state index contributed by atoms with van der Waals surface area (Å²) in [6.07, 6.45) is 0. The average Bonchev–Trinajstić information content (AvgIpc) is 2.74. The first-order valence-electron chi connectivity index (χ1n) is 5.62. The van der Waals surface area contributed by atoms with Crippen LogP contribution in [0.25, 0.3) is 0 Å². The lowest BCUT2D eigenvalue weighted by molar-refractivity contribution is 0.361. The van der Waals surface area contributed by atoms with Gasteiger partial charge >= 0.3 is 0 Å². The molecule has 8 heteroatoms. The number of rotatable bonds is 8. The summed E-state index contributed by atoms with van der Waals surface area (Å²) in [5, 5.41) is 15.4. The number of tetrazole rings is 1. The van der Waals surface area contributed by atoms with Gasteiger partial charge in [-0.05, 0) is 38.6 Å². The summed E-state index contributed by atoms with van der Waals surface area (Å²) < 4.78 is 1.82. The van der Waals surface area contributed by atoms with Gasteiger partial charge in [-0.15, -0.1) is 5.10 Å². The Balaban J connectivity index is 2.51. The van der Waals surface area contributed by atoms with E-state index in [-0.39, 0.29) is 6.04 Å². The summed E-state index contributed by atoms with van der Waals surface area (Å²) >= 11 is 6.50. The first kappa shape index (κ1) is 15.5. The highest BCUT2D eigenvalue weighted by Gasteiger charge is 2.13. The SMILES string of the molecule is CN(C)CCn1nnnc1SCC([C]=S)N(C)C. The molecule has 0 aliphatic heterocycles. The average molecular weight is 287 g/mol. The van der Waals surface area contributed by atoms with Gasteiger partial charge in [-0.1, -0.05) is 24.0 Å². The minimum Gasteiger partial charge on any atom is -0.308 e. The number of aromatic nitrogens is 4. The molecule has 0 saturated heterocycles. The molecule has 0 aliphatic carbocycles. The smallest absolute Gasteiger partial charge is 0.209 e. The number of nitrogens with zero attached hydrogens (tertiary/aromatic N) is 6. The van der Waals surface area contributed by atoms with Crippen molar-refractivity contribution in [2.75, 3.05) is 40.5 Å². The zero-order valence-corrected chi connectivity index (χ0v) is 12.8. The highest BCUT2D eigenvalue weighted by atomic mass is 32.2. The molecule has 0 spiro atoms. The van der Waals surface area contributed by atoms with Gasteiger partial charge < -0.3 is 9.80 Å². The van der Waals surface area contributed by atoms with Crippen LogP contribution in [0.5, 0.6) is 0 Å². The maximum absolute atomic E-state index is 4.89. The van der Waals surface area contributed by atoms with Crippen molar-refractivity contribution in [1.82, 2.24) is 30.0 Å². The van der Waals surface area contributed by atoms with Crippen LogP contribution >= 0.6 is 24.0 Å². The second-order valence-corrected chi connectivity index (χ2v) is 5.62. The van der Waals surface area contributed by atoms with E-state index in [9.17, 15) is 0 Å². The van der Waals surface area contributed by atoms with Crippen molar-refractivity contribution in [3.05, 3.63) is 0 Å². The minimum atomic E-state index is 0.129. The fraction of sp³-hybridized carbons (Fsp3) is 0.800. The minimum absolute atomic E-state index is 0.129. The zero-order chi connectivity index (χ0) is 13.5. The second-order valence-electron chi connectivity index (χ2n) is 4.40. The fourth-order valence-electron chi connectivity index (χ4n) is 1.18. The number of likely N-dealkylation sites (N-methyl/N-ethyl adjacent to an activating group) is 1. The summed E-state index contributed by atoms with van der Waals surface area (Å²) in [5.41, 5.74) is 0. The summed E-state index contributed by atoms with van der Waals surface area (Å²) in [6, 6.07) is 0.129. The van der Waals surface area contributed by atoms with Gasteiger partial charge in [0.25, 0.3) is 0 Å². The van der Waals surface area contributed by atoms with E-state index >= 15 is 0 Å². The Morgan fingerprint density at radius 3 is 2.67 bits per heavy atom. The molecule has 0 fully saturated rings. The van der Waals surface area contributed by atoms with Gasteiger partial charge in [0.05, 0.1) is 12.6 Å². The van der Waals surface area contributed by atoms with Gasteiger partial charge in [0, 0.05) is 17.7 Å². The molecule has 18 heavy (non-hydrogen) atoms. The molecule has 0 aliphatic rings. The quantitative estimate of drug-likeness (QED) is 0.498.